The third-order valence-electron chi connectivity index (χ3n) is 18.4. The van der Waals surface area contributed by atoms with Crippen molar-refractivity contribution in [3.8, 4) is 11.5 Å². The highest BCUT2D eigenvalue weighted by molar-refractivity contribution is 5.73. The second-order valence-corrected chi connectivity index (χ2v) is 26.7. The molecule has 31 heteroatoms. The standard InChI is InChI=1S/C29H50O2.C23H46N6O13.C10H16N2O8/c1-20(2)12-9-13-21(3)14-10-15-22(4)16-11-18-29(8)19-17-26-25(7)27(30)23(5)24(6)28(26)31-29;24-2-7-13(32)15(34)10(28)21(37-7)40-18-6(27)1-5(26)12(31)20(18)42-23-17(36)19(9(4-30)39-23)41-22-11(29)16(35)14(33)8(3-25)38-22;13-7(14)3-11(4-8(15)16)1-2-12(5-9(17)18)6-10(19)20/h20-22,30H,9-19H2,1-8H3;5-23,30-36H,1-4,24-29H2;1-6H2,(H,13,14)(H,15,16)(H,17,18)(H,19,20)/t21-,22-,29-;5-,6+,7-,8+,9-,10-,11-,12+,13-,14-,15-,16-,17-,18-,19-,20-,21-,22-,23+;/m11./s1. The fourth-order valence-corrected chi connectivity index (χ4v) is 12.5. The van der Waals surface area contributed by atoms with Crippen LogP contribution in [-0.2, 0) is 54.0 Å². The van der Waals surface area contributed by atoms with E-state index in [0.717, 1.165) is 69.3 Å². The minimum Gasteiger partial charge on any atom is -0.507 e. The number of aliphatic hydroxyl groups excluding tert-OH is 7. The topological polar surface area (TPSA) is 538 Å². The molecule has 22 atom stereocenters. The van der Waals surface area contributed by atoms with Crippen molar-refractivity contribution in [2.75, 3.05) is 59.0 Å². The highest BCUT2D eigenvalue weighted by atomic mass is 16.8. The summed E-state index contributed by atoms with van der Waals surface area (Å²) < 4.78 is 41.3. The number of aromatic hydroxyl groups is 1. The smallest absolute Gasteiger partial charge is 0.317 e. The summed E-state index contributed by atoms with van der Waals surface area (Å²) in [6.45, 7) is 14.7. The van der Waals surface area contributed by atoms with Gasteiger partial charge in [0.15, 0.2) is 18.9 Å². The van der Waals surface area contributed by atoms with Gasteiger partial charge in [0.1, 0.15) is 84.2 Å². The zero-order chi connectivity index (χ0) is 69.9. The SMILES string of the molecule is Cc1c(C)c2c(c(C)c1O)CC[C@@](C)(CCC[C@H](C)CCC[C@H](C)CCCC(C)C)O2.NC[C@@H]1O[C@H](O[C@H]2[C@@H](O)[C@H](O[C@@H]3[C@@H](O)[C@H](N)C[C@H](N)[C@H]3O[C@H]3O[C@H](CN)[C@@H](O)[C@H](O)[C@H]3N)O[C@@H]2CO)[C@H](N)[C@@H](O)[C@@H]1O.O=C(O)CN(CCN(CC(=O)O)CC(=O)O)CC(=O)O. The maximum Gasteiger partial charge on any atom is 0.317 e. The molecule has 5 aliphatic rings. The van der Waals surface area contributed by atoms with E-state index in [1.165, 1.54) is 56.9 Å². The van der Waals surface area contributed by atoms with Crippen LogP contribution in [0, 0.1) is 38.5 Å². The van der Waals surface area contributed by atoms with Gasteiger partial charge < -0.3 is 129 Å². The van der Waals surface area contributed by atoms with E-state index in [1.54, 1.807) is 0 Å². The van der Waals surface area contributed by atoms with Crippen LogP contribution in [0.2, 0.25) is 0 Å². The Kier molecular flexibility index (Phi) is 33.3. The van der Waals surface area contributed by atoms with Crippen molar-refractivity contribution < 1.29 is 114 Å². The predicted molar refractivity (Wildman–Crippen MR) is 336 cm³/mol. The Morgan fingerprint density at radius 3 is 1.43 bits per heavy atom. The first kappa shape index (κ1) is 81.3. The van der Waals surface area contributed by atoms with Crippen LogP contribution < -0.4 is 39.1 Å². The Morgan fingerprint density at radius 1 is 0.559 bits per heavy atom. The Bertz CT molecular complexity index is 2410. The van der Waals surface area contributed by atoms with E-state index in [1.807, 2.05) is 13.8 Å². The largest absolute Gasteiger partial charge is 0.507 e. The minimum atomic E-state index is -1.60. The molecular formula is C62H112N8O23. The minimum absolute atomic E-state index is 0.0703. The molecule has 4 heterocycles. The summed E-state index contributed by atoms with van der Waals surface area (Å²) >= 11 is 0. The number of nitrogens with zero attached hydrogens (tertiary/aromatic N) is 2. The number of hydrogen-bond donors (Lipinski definition) is 18. The van der Waals surface area contributed by atoms with E-state index >= 15 is 0 Å². The van der Waals surface area contributed by atoms with Gasteiger partial charge in [0.2, 0.25) is 0 Å². The Hall–Kier alpha value is -4.14. The molecule has 31 nitrogen and oxygen atoms in total. The maximum atomic E-state index is 11.1. The molecule has 93 heavy (non-hydrogen) atoms. The number of phenols is 1. The molecule has 0 aromatic heterocycles. The number of fused-ring (bicyclic) bond motifs is 1. The number of aliphatic hydroxyl groups is 7. The van der Waals surface area contributed by atoms with E-state index in [2.05, 4.69) is 41.5 Å². The maximum absolute atomic E-state index is 11.1. The third-order valence-corrected chi connectivity index (χ3v) is 18.4. The van der Waals surface area contributed by atoms with E-state index in [0.29, 0.717) is 5.75 Å². The number of phenolic OH excluding ortho intramolecular Hbond substituents is 1. The zero-order valence-corrected chi connectivity index (χ0v) is 55.3. The van der Waals surface area contributed by atoms with Gasteiger partial charge in [-0.15, -0.1) is 0 Å². The average molecular weight is 1340 g/mol. The van der Waals surface area contributed by atoms with Crippen LogP contribution in [0.1, 0.15) is 128 Å². The quantitative estimate of drug-likeness (QED) is 0.0366. The highest BCUT2D eigenvalue weighted by Crippen LogP contribution is 2.45. The van der Waals surface area contributed by atoms with Crippen molar-refractivity contribution in [3.63, 3.8) is 0 Å². The zero-order valence-electron chi connectivity index (χ0n) is 55.3. The molecule has 3 saturated heterocycles. The third kappa shape index (κ3) is 23.8. The van der Waals surface area contributed by atoms with Gasteiger partial charge in [0.05, 0.1) is 51.0 Å². The normalized spacial score (nSPS) is 33.4. The van der Waals surface area contributed by atoms with Gasteiger partial charge in [-0.3, -0.25) is 29.0 Å². The summed E-state index contributed by atoms with van der Waals surface area (Å²) in [6.07, 6.45) is -5.72. The summed E-state index contributed by atoms with van der Waals surface area (Å²) in [6, 6.07) is -4.18. The van der Waals surface area contributed by atoms with E-state index < -0.39 is 173 Å². The first-order chi connectivity index (χ1) is 43.6. The lowest BCUT2D eigenvalue weighted by molar-refractivity contribution is -0.306. The molecule has 1 aliphatic carbocycles. The molecule has 0 radical (unpaired) electrons. The van der Waals surface area contributed by atoms with Crippen molar-refractivity contribution in [2.24, 2.45) is 52.2 Å². The molecule has 24 N–H and O–H groups in total. The van der Waals surface area contributed by atoms with Gasteiger partial charge in [-0.25, -0.2) is 0 Å². The van der Waals surface area contributed by atoms with Gasteiger partial charge in [-0.2, -0.15) is 0 Å². The highest BCUT2D eigenvalue weighted by Gasteiger charge is 2.54. The molecule has 0 unspecified atom stereocenters. The summed E-state index contributed by atoms with van der Waals surface area (Å²) in [4.78, 5) is 44.4. The summed E-state index contributed by atoms with van der Waals surface area (Å²) in [5.41, 5.74) is 39.9. The predicted octanol–water partition coefficient (Wildman–Crippen LogP) is -2.13. The average Bonchev–Trinajstić information content (AvgIpc) is 1.56. The molecule has 0 amide bonds. The number of carboxylic acids is 4. The molecule has 4 fully saturated rings. The van der Waals surface area contributed by atoms with Crippen LogP contribution in [0.4, 0.5) is 0 Å². The number of benzene rings is 1. The van der Waals surface area contributed by atoms with Crippen molar-refractivity contribution in [3.05, 3.63) is 22.3 Å². The monoisotopic (exact) mass is 1340 g/mol. The number of hydrogen-bond acceptors (Lipinski definition) is 27. The lowest BCUT2D eigenvalue weighted by Crippen LogP contribution is -2.68. The van der Waals surface area contributed by atoms with Crippen molar-refractivity contribution in [1.29, 1.82) is 0 Å². The van der Waals surface area contributed by atoms with Crippen LogP contribution >= 0.6 is 0 Å². The number of carbonyl (C=O) groups is 4. The number of aliphatic carboxylic acids is 4. The van der Waals surface area contributed by atoms with Crippen LogP contribution in [0.15, 0.2) is 0 Å². The first-order valence-corrected chi connectivity index (χ1v) is 32.5. The van der Waals surface area contributed by atoms with Crippen LogP contribution in [0.3, 0.4) is 0 Å². The summed E-state index contributed by atoms with van der Waals surface area (Å²) in [7, 11) is 0. The fourth-order valence-electron chi connectivity index (χ4n) is 12.5. The molecular weight excluding hydrogens is 1220 g/mol. The van der Waals surface area contributed by atoms with E-state index in [4.69, 9.17) is 88.0 Å². The lowest BCUT2D eigenvalue weighted by Gasteiger charge is -2.47. The molecule has 1 saturated carbocycles. The van der Waals surface area contributed by atoms with Gasteiger partial charge in [0.25, 0.3) is 0 Å². The second kappa shape index (κ2) is 38.1. The number of ether oxygens (including phenoxy) is 7. The van der Waals surface area contributed by atoms with Gasteiger partial charge in [-0.1, -0.05) is 72.6 Å². The molecule has 0 spiro atoms. The van der Waals surface area contributed by atoms with Gasteiger partial charge in [-0.05, 0) is 94.2 Å². The Labute approximate surface area is 544 Å². The van der Waals surface area contributed by atoms with Crippen LogP contribution in [0.25, 0.3) is 0 Å². The van der Waals surface area contributed by atoms with Gasteiger partial charge >= 0.3 is 23.9 Å². The first-order valence-electron chi connectivity index (χ1n) is 32.5. The lowest BCUT2D eigenvalue weighted by atomic mass is 9.84. The summed E-state index contributed by atoms with van der Waals surface area (Å²) in [5, 5.41) is 118. The van der Waals surface area contributed by atoms with Crippen LogP contribution in [0.5, 0.6) is 11.5 Å². The molecule has 0 bridgehead atoms. The van der Waals surface area contributed by atoms with Crippen LogP contribution in [-0.4, -0.2) is 276 Å². The molecule has 1 aromatic carbocycles. The number of nitrogens with two attached hydrogens (primary N) is 6. The molecule has 538 valence electrons. The van der Waals surface area contributed by atoms with Gasteiger partial charge in [0, 0.05) is 43.8 Å². The van der Waals surface area contributed by atoms with Crippen molar-refractivity contribution >= 4 is 23.9 Å². The number of carboxylic acid groups (broad SMARTS) is 4. The Balaban J connectivity index is 0.000000318. The summed E-state index contributed by atoms with van der Waals surface area (Å²) in [5.74, 6) is -0.875. The van der Waals surface area contributed by atoms with E-state index in [9.17, 15) is 60.0 Å². The fraction of sp³-hybridized carbons (Fsp3) is 0.839. The molecule has 4 aliphatic heterocycles. The second-order valence-electron chi connectivity index (χ2n) is 26.7. The molecule has 6 rings (SSSR count). The molecule has 1 aromatic rings. The van der Waals surface area contributed by atoms with Crippen molar-refractivity contribution in [2.45, 2.75) is 254 Å². The van der Waals surface area contributed by atoms with E-state index in [-0.39, 0.29) is 38.2 Å². The number of rotatable bonds is 32. The Morgan fingerprint density at radius 2 is 0.989 bits per heavy atom. The van der Waals surface area contributed by atoms with Crippen molar-refractivity contribution in [1.82, 2.24) is 9.80 Å².